The van der Waals surface area contributed by atoms with Gasteiger partial charge in [0.2, 0.25) is 11.8 Å². The van der Waals surface area contributed by atoms with Gasteiger partial charge in [-0.25, -0.2) is 0 Å². The molecule has 0 amide bonds. The van der Waals surface area contributed by atoms with E-state index in [4.69, 9.17) is 16.0 Å². The second-order valence-corrected chi connectivity index (χ2v) is 5.78. The molecule has 1 heterocycles. The van der Waals surface area contributed by atoms with E-state index in [1.165, 1.54) is 0 Å². The highest BCUT2D eigenvalue weighted by Crippen LogP contribution is 2.28. The van der Waals surface area contributed by atoms with Crippen molar-refractivity contribution in [2.45, 2.75) is 46.4 Å². The van der Waals surface area contributed by atoms with Gasteiger partial charge in [-0.05, 0) is 18.3 Å². The number of aromatic nitrogens is 2. The van der Waals surface area contributed by atoms with Crippen LogP contribution in [0.1, 0.15) is 51.8 Å². The van der Waals surface area contributed by atoms with Crippen molar-refractivity contribution < 1.29 is 4.42 Å². The van der Waals surface area contributed by atoms with E-state index in [1.807, 2.05) is 6.92 Å². The Morgan fingerprint density at radius 1 is 1.27 bits per heavy atom. The van der Waals surface area contributed by atoms with Gasteiger partial charge in [-0.3, -0.25) is 0 Å². The topological polar surface area (TPSA) is 38.9 Å². The molecule has 0 fully saturated rings. The van der Waals surface area contributed by atoms with Crippen molar-refractivity contribution in [2.75, 3.05) is 0 Å². The summed E-state index contributed by atoms with van der Waals surface area (Å²) in [6.45, 7) is 10.6. The first-order chi connectivity index (χ1) is 6.80. The predicted molar refractivity (Wildman–Crippen MR) is 60.9 cm³/mol. The van der Waals surface area contributed by atoms with Crippen molar-refractivity contribution in [3.63, 3.8) is 0 Å². The zero-order valence-corrected chi connectivity index (χ0v) is 10.8. The lowest BCUT2D eigenvalue weighted by molar-refractivity contribution is 0.243. The summed E-state index contributed by atoms with van der Waals surface area (Å²) in [5, 5.41) is 7.68. The van der Waals surface area contributed by atoms with E-state index in [0.29, 0.717) is 17.7 Å². The largest absolute Gasteiger partial charge is 0.424 e. The van der Waals surface area contributed by atoms with Gasteiger partial charge in [0, 0.05) is 6.42 Å². The van der Waals surface area contributed by atoms with Gasteiger partial charge in [0.1, 0.15) is 5.38 Å². The molecule has 15 heavy (non-hydrogen) atoms. The Balaban J connectivity index is 2.65. The van der Waals surface area contributed by atoms with Crippen LogP contribution in [0.3, 0.4) is 0 Å². The minimum atomic E-state index is -0.212. The van der Waals surface area contributed by atoms with Crippen LogP contribution < -0.4 is 0 Å². The van der Waals surface area contributed by atoms with Crippen LogP contribution in [0.5, 0.6) is 0 Å². The van der Waals surface area contributed by atoms with Gasteiger partial charge in [0.15, 0.2) is 0 Å². The second-order valence-electron chi connectivity index (χ2n) is 5.12. The van der Waals surface area contributed by atoms with Gasteiger partial charge in [-0.1, -0.05) is 27.7 Å². The molecule has 0 aromatic carbocycles. The molecule has 0 spiro atoms. The molecule has 0 radical (unpaired) electrons. The lowest BCUT2D eigenvalue weighted by Gasteiger charge is -2.25. The smallest absolute Gasteiger partial charge is 0.234 e. The fourth-order valence-electron chi connectivity index (χ4n) is 1.08. The fraction of sp³-hybridized carbons (Fsp3) is 0.818. The van der Waals surface area contributed by atoms with Crippen molar-refractivity contribution in [1.82, 2.24) is 10.2 Å². The van der Waals surface area contributed by atoms with E-state index in [9.17, 15) is 0 Å². The maximum atomic E-state index is 5.85. The molecule has 1 aromatic rings. The highest BCUT2D eigenvalue weighted by Gasteiger charge is 2.23. The molecular weight excluding hydrogens is 212 g/mol. The standard InChI is InChI=1S/C11H19ClN2O/c1-7(11(3,4)5)6-9-13-14-10(15-9)8(2)12/h7-8H,6H2,1-5H3. The molecule has 3 nitrogen and oxygen atoms in total. The lowest BCUT2D eigenvalue weighted by Crippen LogP contribution is -2.19. The van der Waals surface area contributed by atoms with Crippen LogP contribution in [0.25, 0.3) is 0 Å². The number of rotatable bonds is 3. The van der Waals surface area contributed by atoms with Crippen LogP contribution in [0.2, 0.25) is 0 Å². The second kappa shape index (κ2) is 4.52. The van der Waals surface area contributed by atoms with E-state index in [1.54, 1.807) is 0 Å². The monoisotopic (exact) mass is 230 g/mol. The Labute approximate surface area is 96.2 Å². The van der Waals surface area contributed by atoms with E-state index in [0.717, 1.165) is 6.42 Å². The van der Waals surface area contributed by atoms with Crippen molar-refractivity contribution in [1.29, 1.82) is 0 Å². The quantitative estimate of drug-likeness (QED) is 0.745. The predicted octanol–water partition coefficient (Wildman–Crippen LogP) is 3.59. The molecule has 0 bridgehead atoms. The molecule has 2 atom stereocenters. The van der Waals surface area contributed by atoms with Crippen molar-refractivity contribution in [2.24, 2.45) is 11.3 Å². The van der Waals surface area contributed by atoms with E-state index >= 15 is 0 Å². The Kier molecular flexibility index (Phi) is 3.77. The van der Waals surface area contributed by atoms with Gasteiger partial charge in [-0.15, -0.1) is 21.8 Å². The van der Waals surface area contributed by atoms with Crippen molar-refractivity contribution >= 4 is 11.6 Å². The summed E-state index contributed by atoms with van der Waals surface area (Å²) in [6.07, 6.45) is 0.806. The third-order valence-corrected chi connectivity index (χ3v) is 2.97. The first-order valence-corrected chi connectivity index (χ1v) is 5.70. The number of hydrogen-bond acceptors (Lipinski definition) is 3. The third-order valence-electron chi connectivity index (χ3n) is 2.78. The molecule has 86 valence electrons. The van der Waals surface area contributed by atoms with Gasteiger partial charge in [0.25, 0.3) is 0 Å². The third kappa shape index (κ3) is 3.49. The minimum absolute atomic E-state index is 0.212. The van der Waals surface area contributed by atoms with Gasteiger partial charge >= 0.3 is 0 Å². The van der Waals surface area contributed by atoms with Crippen LogP contribution in [0.15, 0.2) is 4.42 Å². The first-order valence-electron chi connectivity index (χ1n) is 5.27. The molecule has 1 aromatic heterocycles. The van der Waals surface area contributed by atoms with Crippen LogP contribution in [-0.2, 0) is 6.42 Å². The lowest BCUT2D eigenvalue weighted by atomic mass is 9.80. The Bertz CT molecular complexity index is 315. The Hall–Kier alpha value is -0.570. The van der Waals surface area contributed by atoms with Gasteiger partial charge < -0.3 is 4.42 Å². The van der Waals surface area contributed by atoms with Gasteiger partial charge in [-0.2, -0.15) is 0 Å². The molecule has 1 rings (SSSR count). The summed E-state index contributed by atoms with van der Waals surface area (Å²) in [4.78, 5) is 0. The zero-order valence-electron chi connectivity index (χ0n) is 10.0. The number of hydrogen-bond donors (Lipinski definition) is 0. The van der Waals surface area contributed by atoms with Gasteiger partial charge in [0.05, 0.1) is 0 Å². The maximum Gasteiger partial charge on any atom is 0.234 e. The SMILES string of the molecule is CC(Cl)c1nnc(CC(C)C(C)(C)C)o1. The fourth-order valence-corrected chi connectivity index (χ4v) is 1.17. The summed E-state index contributed by atoms with van der Waals surface area (Å²) in [6, 6.07) is 0. The van der Waals surface area contributed by atoms with Crippen molar-refractivity contribution in [3.05, 3.63) is 11.8 Å². The Morgan fingerprint density at radius 3 is 2.27 bits per heavy atom. The molecule has 4 heteroatoms. The highest BCUT2D eigenvalue weighted by atomic mass is 35.5. The molecule has 0 N–H and O–H groups in total. The average molecular weight is 231 g/mol. The summed E-state index contributed by atoms with van der Waals surface area (Å²) in [7, 11) is 0. The molecule has 0 saturated heterocycles. The normalized spacial score (nSPS) is 16.4. The first kappa shape index (κ1) is 12.5. The highest BCUT2D eigenvalue weighted by molar-refractivity contribution is 6.20. The number of nitrogens with zero attached hydrogens (tertiary/aromatic N) is 2. The summed E-state index contributed by atoms with van der Waals surface area (Å²) in [5.74, 6) is 1.68. The minimum Gasteiger partial charge on any atom is -0.424 e. The van der Waals surface area contributed by atoms with E-state index < -0.39 is 0 Å². The summed E-state index contributed by atoms with van der Waals surface area (Å²) in [5.41, 5.74) is 0.251. The molecule has 2 unspecified atom stereocenters. The summed E-state index contributed by atoms with van der Waals surface area (Å²) < 4.78 is 5.46. The van der Waals surface area contributed by atoms with E-state index in [2.05, 4.69) is 37.9 Å². The van der Waals surface area contributed by atoms with Crippen molar-refractivity contribution in [3.8, 4) is 0 Å². The molecule has 0 aliphatic rings. The maximum absolute atomic E-state index is 5.85. The van der Waals surface area contributed by atoms with Crippen LogP contribution >= 0.6 is 11.6 Å². The number of alkyl halides is 1. The van der Waals surface area contributed by atoms with Crippen LogP contribution in [0, 0.1) is 11.3 Å². The Morgan fingerprint density at radius 2 is 1.87 bits per heavy atom. The average Bonchev–Trinajstić information content (AvgIpc) is 2.50. The van der Waals surface area contributed by atoms with Crippen LogP contribution in [0.4, 0.5) is 0 Å². The molecule has 0 aliphatic heterocycles. The molecule has 0 saturated carbocycles. The molecule has 0 aliphatic carbocycles. The van der Waals surface area contributed by atoms with Crippen LogP contribution in [-0.4, -0.2) is 10.2 Å². The van der Waals surface area contributed by atoms with E-state index in [-0.39, 0.29) is 10.8 Å². The molecular formula is C11H19ClN2O. The summed E-state index contributed by atoms with van der Waals surface area (Å²) >= 11 is 5.85. The number of halogens is 1. The zero-order chi connectivity index (χ0) is 11.6.